The standard InChI is InChI=1S/C22H26BrN3O5S/c1-14(2)13-31-17-7-4-15(5-8-17)20(27)25-26-22(32)24-21(28)18-12-16(23)6-9-19(18)30-11-10-29-3/h4-9,12,14H,10-11,13H2,1-3H3,(H,25,27)(H2,24,26,28,32). The zero-order valence-electron chi connectivity index (χ0n) is 18.1. The smallest absolute Gasteiger partial charge is 0.269 e. The van der Waals surface area contributed by atoms with Gasteiger partial charge in [0.05, 0.1) is 18.8 Å². The third-order valence-electron chi connectivity index (χ3n) is 3.95. The summed E-state index contributed by atoms with van der Waals surface area (Å²) < 4.78 is 16.8. The Morgan fingerprint density at radius 3 is 2.38 bits per heavy atom. The summed E-state index contributed by atoms with van der Waals surface area (Å²) in [6.07, 6.45) is 0. The van der Waals surface area contributed by atoms with Crippen LogP contribution in [-0.2, 0) is 4.74 Å². The fraction of sp³-hybridized carbons (Fsp3) is 0.318. The molecule has 0 aliphatic carbocycles. The van der Waals surface area contributed by atoms with Crippen LogP contribution in [0, 0.1) is 5.92 Å². The predicted octanol–water partition coefficient (Wildman–Crippen LogP) is 3.46. The van der Waals surface area contributed by atoms with E-state index in [0.717, 1.165) is 0 Å². The van der Waals surface area contributed by atoms with E-state index in [2.05, 4.69) is 45.9 Å². The molecule has 0 aliphatic rings. The van der Waals surface area contributed by atoms with Gasteiger partial charge in [0.2, 0.25) is 0 Å². The van der Waals surface area contributed by atoms with E-state index >= 15 is 0 Å². The number of thiocarbonyl (C=S) groups is 1. The number of methoxy groups -OCH3 is 1. The van der Waals surface area contributed by atoms with Crippen LogP contribution in [0.3, 0.4) is 0 Å². The number of nitrogens with one attached hydrogen (secondary N) is 3. The number of hydrogen-bond acceptors (Lipinski definition) is 6. The molecule has 0 unspecified atom stereocenters. The average Bonchev–Trinajstić information content (AvgIpc) is 2.77. The van der Waals surface area contributed by atoms with E-state index in [4.69, 9.17) is 26.4 Å². The molecule has 0 aliphatic heterocycles. The van der Waals surface area contributed by atoms with E-state index < -0.39 is 11.8 Å². The van der Waals surface area contributed by atoms with Crippen LogP contribution >= 0.6 is 28.1 Å². The minimum atomic E-state index is -0.489. The molecule has 0 atom stereocenters. The van der Waals surface area contributed by atoms with E-state index in [1.54, 1.807) is 49.6 Å². The largest absolute Gasteiger partial charge is 0.493 e. The number of benzene rings is 2. The van der Waals surface area contributed by atoms with Gasteiger partial charge in [0.15, 0.2) is 5.11 Å². The van der Waals surface area contributed by atoms with Gasteiger partial charge in [-0.25, -0.2) is 0 Å². The quantitative estimate of drug-likeness (QED) is 0.263. The van der Waals surface area contributed by atoms with Crippen LogP contribution in [0.5, 0.6) is 11.5 Å². The first-order valence-electron chi connectivity index (χ1n) is 9.86. The molecule has 2 aromatic carbocycles. The number of hydrogen-bond donors (Lipinski definition) is 3. The van der Waals surface area contributed by atoms with Crippen LogP contribution in [0.2, 0.25) is 0 Å². The number of rotatable bonds is 9. The maximum atomic E-state index is 12.6. The van der Waals surface area contributed by atoms with Crippen molar-refractivity contribution < 1.29 is 23.8 Å². The van der Waals surface area contributed by atoms with E-state index in [1.165, 1.54) is 0 Å². The summed E-state index contributed by atoms with van der Waals surface area (Å²) >= 11 is 8.45. The normalized spacial score (nSPS) is 10.4. The van der Waals surface area contributed by atoms with Crippen LogP contribution in [-0.4, -0.2) is 43.9 Å². The van der Waals surface area contributed by atoms with Gasteiger partial charge < -0.3 is 14.2 Å². The highest BCUT2D eigenvalue weighted by atomic mass is 79.9. The summed E-state index contributed by atoms with van der Waals surface area (Å²) in [5.74, 6) is 0.571. The van der Waals surface area contributed by atoms with Gasteiger partial charge in [-0.15, -0.1) is 0 Å². The molecule has 10 heteroatoms. The zero-order chi connectivity index (χ0) is 23.5. The van der Waals surface area contributed by atoms with Crippen molar-refractivity contribution in [2.24, 2.45) is 5.92 Å². The first kappa shape index (κ1) is 25.6. The molecular weight excluding hydrogens is 498 g/mol. The van der Waals surface area contributed by atoms with Crippen molar-refractivity contribution in [1.82, 2.24) is 16.2 Å². The molecule has 8 nitrogen and oxygen atoms in total. The van der Waals surface area contributed by atoms with E-state index in [-0.39, 0.29) is 10.7 Å². The second kappa shape index (κ2) is 13.0. The molecule has 2 rings (SSSR count). The Hall–Kier alpha value is -2.69. The van der Waals surface area contributed by atoms with Crippen molar-refractivity contribution in [2.75, 3.05) is 26.9 Å². The van der Waals surface area contributed by atoms with Gasteiger partial charge in [-0.1, -0.05) is 29.8 Å². The molecule has 0 radical (unpaired) electrons. The predicted molar refractivity (Wildman–Crippen MR) is 129 cm³/mol. The summed E-state index contributed by atoms with van der Waals surface area (Å²) in [6.45, 7) is 5.38. The second-order valence-corrected chi connectivity index (χ2v) is 8.40. The van der Waals surface area contributed by atoms with E-state index in [0.29, 0.717) is 47.3 Å². The van der Waals surface area contributed by atoms with Crippen molar-refractivity contribution in [3.8, 4) is 11.5 Å². The van der Waals surface area contributed by atoms with Crippen LogP contribution < -0.4 is 25.6 Å². The maximum Gasteiger partial charge on any atom is 0.269 e. The van der Waals surface area contributed by atoms with E-state index in [9.17, 15) is 9.59 Å². The Kier molecular flexibility index (Phi) is 10.4. The van der Waals surface area contributed by atoms with Gasteiger partial charge in [-0.05, 0) is 60.6 Å². The first-order valence-corrected chi connectivity index (χ1v) is 11.1. The first-order chi connectivity index (χ1) is 15.3. The highest BCUT2D eigenvalue weighted by Crippen LogP contribution is 2.23. The van der Waals surface area contributed by atoms with Gasteiger partial charge in [0.1, 0.15) is 18.1 Å². The maximum absolute atomic E-state index is 12.6. The molecule has 0 saturated carbocycles. The van der Waals surface area contributed by atoms with Crippen LogP contribution in [0.15, 0.2) is 46.9 Å². The number of carbonyl (C=O) groups excluding carboxylic acids is 2. The number of hydrazine groups is 1. The SMILES string of the molecule is COCCOc1ccc(Br)cc1C(=O)NC(=S)NNC(=O)c1ccc(OCC(C)C)cc1. The van der Waals surface area contributed by atoms with Crippen LogP contribution in [0.25, 0.3) is 0 Å². The van der Waals surface area contributed by atoms with Gasteiger partial charge in [-0.2, -0.15) is 0 Å². The summed E-state index contributed by atoms with van der Waals surface area (Å²) in [5, 5.41) is 2.45. The highest BCUT2D eigenvalue weighted by Gasteiger charge is 2.15. The summed E-state index contributed by atoms with van der Waals surface area (Å²) in [7, 11) is 1.56. The molecule has 3 N–H and O–H groups in total. The molecule has 0 spiro atoms. The second-order valence-electron chi connectivity index (χ2n) is 7.07. The average molecular weight is 524 g/mol. The summed E-state index contributed by atoms with van der Waals surface area (Å²) in [5.41, 5.74) is 5.66. The van der Waals surface area contributed by atoms with Crippen molar-refractivity contribution in [3.05, 3.63) is 58.1 Å². The Bertz CT molecular complexity index is 938. The minimum absolute atomic E-state index is 0.0666. The highest BCUT2D eigenvalue weighted by molar-refractivity contribution is 9.10. The molecule has 2 aromatic rings. The molecule has 32 heavy (non-hydrogen) atoms. The third-order valence-corrected chi connectivity index (χ3v) is 4.65. The zero-order valence-corrected chi connectivity index (χ0v) is 20.5. The van der Waals surface area contributed by atoms with Gasteiger partial charge in [0.25, 0.3) is 11.8 Å². The lowest BCUT2D eigenvalue weighted by molar-refractivity contribution is 0.0933. The number of carbonyl (C=O) groups is 2. The Morgan fingerprint density at radius 1 is 1.00 bits per heavy atom. The minimum Gasteiger partial charge on any atom is -0.493 e. The van der Waals surface area contributed by atoms with Crippen LogP contribution in [0.1, 0.15) is 34.6 Å². The molecule has 0 bridgehead atoms. The molecule has 2 amide bonds. The molecular formula is C22H26BrN3O5S. The van der Waals surface area contributed by atoms with Gasteiger partial charge in [0, 0.05) is 17.1 Å². The molecule has 0 fully saturated rings. The van der Waals surface area contributed by atoms with Crippen molar-refractivity contribution in [1.29, 1.82) is 0 Å². The Labute approximate surface area is 201 Å². The molecule has 0 heterocycles. The topological polar surface area (TPSA) is 97.9 Å². The monoisotopic (exact) mass is 523 g/mol. The molecule has 0 saturated heterocycles. The van der Waals surface area contributed by atoms with Gasteiger partial charge >= 0.3 is 0 Å². The van der Waals surface area contributed by atoms with E-state index in [1.807, 2.05) is 0 Å². The summed E-state index contributed by atoms with van der Waals surface area (Å²) in [4.78, 5) is 24.9. The Balaban J connectivity index is 1.89. The number of amides is 2. The lowest BCUT2D eigenvalue weighted by Crippen LogP contribution is -2.48. The number of ether oxygens (including phenoxy) is 3. The molecule has 0 aromatic heterocycles. The van der Waals surface area contributed by atoms with Crippen molar-refractivity contribution in [2.45, 2.75) is 13.8 Å². The summed E-state index contributed by atoms with van der Waals surface area (Å²) in [6, 6.07) is 11.8. The third kappa shape index (κ3) is 8.45. The lowest BCUT2D eigenvalue weighted by atomic mass is 10.2. The fourth-order valence-corrected chi connectivity index (χ4v) is 2.90. The lowest BCUT2D eigenvalue weighted by Gasteiger charge is -2.14. The Morgan fingerprint density at radius 2 is 1.72 bits per heavy atom. The van der Waals surface area contributed by atoms with Crippen LogP contribution in [0.4, 0.5) is 0 Å². The fourth-order valence-electron chi connectivity index (χ4n) is 2.39. The van der Waals surface area contributed by atoms with Crippen molar-refractivity contribution >= 4 is 45.1 Å². The van der Waals surface area contributed by atoms with Gasteiger partial charge in [-0.3, -0.25) is 25.8 Å². The van der Waals surface area contributed by atoms with Crippen molar-refractivity contribution in [3.63, 3.8) is 0 Å². The number of halogens is 1. The molecule has 172 valence electrons.